The van der Waals surface area contributed by atoms with Crippen molar-refractivity contribution in [2.24, 2.45) is 0 Å². The van der Waals surface area contributed by atoms with E-state index in [0.29, 0.717) is 13.0 Å². The molecule has 6 heteroatoms. The van der Waals surface area contributed by atoms with Gasteiger partial charge in [0.05, 0.1) is 12.6 Å². The summed E-state index contributed by atoms with van der Waals surface area (Å²) in [5.74, 6) is 1.01. The van der Waals surface area contributed by atoms with Crippen LogP contribution in [-0.2, 0) is 6.54 Å². The van der Waals surface area contributed by atoms with Gasteiger partial charge >= 0.3 is 6.03 Å². The van der Waals surface area contributed by atoms with E-state index >= 15 is 0 Å². The van der Waals surface area contributed by atoms with Crippen molar-refractivity contribution in [1.29, 1.82) is 0 Å². The quantitative estimate of drug-likeness (QED) is 0.737. The van der Waals surface area contributed by atoms with Gasteiger partial charge in [-0.15, -0.1) is 0 Å². The molecule has 1 atom stereocenters. The van der Waals surface area contributed by atoms with Crippen LogP contribution in [0, 0.1) is 0 Å². The van der Waals surface area contributed by atoms with Crippen LogP contribution in [0.25, 0.3) is 0 Å². The first-order valence-corrected chi connectivity index (χ1v) is 7.58. The van der Waals surface area contributed by atoms with Crippen molar-refractivity contribution in [3.8, 4) is 0 Å². The number of anilines is 1. The van der Waals surface area contributed by atoms with Gasteiger partial charge in [-0.2, -0.15) is 0 Å². The second-order valence-corrected chi connectivity index (χ2v) is 5.33. The maximum absolute atomic E-state index is 11.7. The monoisotopic (exact) mass is 292 g/mol. The molecule has 116 valence electrons. The van der Waals surface area contributed by atoms with E-state index in [9.17, 15) is 4.79 Å². The zero-order valence-corrected chi connectivity index (χ0v) is 12.5. The molecule has 1 unspecified atom stereocenters. The lowest BCUT2D eigenvalue weighted by atomic mass is 10.2. The van der Waals surface area contributed by atoms with Gasteiger partial charge in [-0.05, 0) is 30.9 Å². The van der Waals surface area contributed by atoms with Gasteiger partial charge in [0.25, 0.3) is 0 Å². The van der Waals surface area contributed by atoms with Crippen LogP contribution < -0.4 is 15.5 Å². The van der Waals surface area contributed by atoms with Crippen LogP contribution in [0.1, 0.15) is 31.7 Å². The highest BCUT2D eigenvalue weighted by Crippen LogP contribution is 2.17. The van der Waals surface area contributed by atoms with Crippen LogP contribution in [0.4, 0.5) is 10.6 Å². The second-order valence-electron chi connectivity index (χ2n) is 5.33. The van der Waals surface area contributed by atoms with Gasteiger partial charge in [0.15, 0.2) is 0 Å². The molecule has 1 fully saturated rings. The molecule has 3 N–H and O–H groups in total. The number of rotatable bonds is 6. The van der Waals surface area contributed by atoms with Crippen molar-refractivity contribution in [3.63, 3.8) is 0 Å². The predicted octanol–water partition coefficient (Wildman–Crippen LogP) is 1.25. The number of aliphatic hydroxyl groups excluding tert-OH is 1. The fourth-order valence-corrected chi connectivity index (χ4v) is 2.35. The van der Waals surface area contributed by atoms with Crippen LogP contribution in [-0.4, -0.2) is 41.9 Å². The normalized spacial score (nSPS) is 15.8. The Morgan fingerprint density at radius 3 is 2.76 bits per heavy atom. The minimum Gasteiger partial charge on any atom is -0.394 e. The van der Waals surface area contributed by atoms with Crippen LogP contribution in [0.3, 0.4) is 0 Å². The Morgan fingerprint density at radius 2 is 2.19 bits per heavy atom. The van der Waals surface area contributed by atoms with Crippen molar-refractivity contribution < 1.29 is 9.90 Å². The molecule has 1 aliphatic heterocycles. The average molecular weight is 292 g/mol. The smallest absolute Gasteiger partial charge is 0.315 e. The van der Waals surface area contributed by atoms with Crippen LogP contribution in [0.2, 0.25) is 0 Å². The zero-order valence-electron chi connectivity index (χ0n) is 12.5. The molecule has 0 aliphatic carbocycles. The SMILES string of the molecule is CCC(CO)NC(=O)NCc1ccc(N2CCCC2)nc1. The maximum Gasteiger partial charge on any atom is 0.315 e. The summed E-state index contributed by atoms with van der Waals surface area (Å²) in [4.78, 5) is 18.4. The summed E-state index contributed by atoms with van der Waals surface area (Å²) in [6, 6.07) is 3.53. The summed E-state index contributed by atoms with van der Waals surface area (Å²) in [7, 11) is 0. The number of carbonyl (C=O) groups is 1. The average Bonchev–Trinajstić information content (AvgIpc) is 3.05. The van der Waals surface area contributed by atoms with Crippen LogP contribution in [0.5, 0.6) is 0 Å². The molecular formula is C15H24N4O2. The Hall–Kier alpha value is -1.82. The molecule has 0 saturated carbocycles. The number of nitrogens with zero attached hydrogens (tertiary/aromatic N) is 2. The number of urea groups is 1. The number of hydrogen-bond donors (Lipinski definition) is 3. The molecule has 1 aromatic rings. The van der Waals surface area contributed by atoms with E-state index in [1.807, 2.05) is 19.1 Å². The van der Waals surface area contributed by atoms with E-state index in [0.717, 1.165) is 24.5 Å². The van der Waals surface area contributed by atoms with Crippen molar-refractivity contribution >= 4 is 11.8 Å². The lowest BCUT2D eigenvalue weighted by molar-refractivity contribution is 0.214. The highest BCUT2D eigenvalue weighted by atomic mass is 16.3. The summed E-state index contributed by atoms with van der Waals surface area (Å²) in [5, 5.41) is 14.5. The molecule has 1 aliphatic rings. The van der Waals surface area contributed by atoms with Gasteiger partial charge in [0.2, 0.25) is 0 Å². The summed E-state index contributed by atoms with van der Waals surface area (Å²) in [6.07, 6.45) is 4.97. The van der Waals surface area contributed by atoms with Crippen LogP contribution in [0.15, 0.2) is 18.3 Å². The van der Waals surface area contributed by atoms with E-state index in [1.165, 1.54) is 12.8 Å². The molecule has 0 spiro atoms. The van der Waals surface area contributed by atoms with E-state index < -0.39 is 0 Å². The summed E-state index contributed by atoms with van der Waals surface area (Å²) < 4.78 is 0. The second kappa shape index (κ2) is 7.83. The van der Waals surface area contributed by atoms with Crippen molar-refractivity contribution in [1.82, 2.24) is 15.6 Å². The highest BCUT2D eigenvalue weighted by Gasteiger charge is 2.13. The molecule has 6 nitrogen and oxygen atoms in total. The minimum absolute atomic E-state index is 0.0456. The third kappa shape index (κ3) is 4.60. The van der Waals surface area contributed by atoms with Gasteiger partial charge in [-0.1, -0.05) is 13.0 Å². The van der Waals surface area contributed by atoms with E-state index in [1.54, 1.807) is 6.20 Å². The molecule has 0 aromatic carbocycles. The molecular weight excluding hydrogens is 268 g/mol. The van der Waals surface area contributed by atoms with Gasteiger partial charge in [-0.25, -0.2) is 9.78 Å². The number of aliphatic hydroxyl groups is 1. The van der Waals surface area contributed by atoms with E-state index in [4.69, 9.17) is 5.11 Å². The number of amides is 2. The Bertz CT molecular complexity index is 439. The molecule has 0 bridgehead atoms. The van der Waals surface area contributed by atoms with E-state index in [-0.39, 0.29) is 18.7 Å². The third-order valence-electron chi connectivity index (χ3n) is 3.74. The maximum atomic E-state index is 11.7. The summed E-state index contributed by atoms with van der Waals surface area (Å²) >= 11 is 0. The van der Waals surface area contributed by atoms with E-state index in [2.05, 4.69) is 20.5 Å². The Labute approximate surface area is 125 Å². The lowest BCUT2D eigenvalue weighted by Crippen LogP contribution is -2.43. The topological polar surface area (TPSA) is 77.5 Å². The highest BCUT2D eigenvalue weighted by molar-refractivity contribution is 5.74. The van der Waals surface area contributed by atoms with Crippen molar-refractivity contribution in [3.05, 3.63) is 23.9 Å². The third-order valence-corrected chi connectivity index (χ3v) is 3.74. The molecule has 21 heavy (non-hydrogen) atoms. The number of pyridine rings is 1. The Balaban J connectivity index is 1.79. The number of aromatic nitrogens is 1. The molecule has 1 aromatic heterocycles. The molecule has 0 radical (unpaired) electrons. The molecule has 1 saturated heterocycles. The fraction of sp³-hybridized carbons (Fsp3) is 0.600. The van der Waals surface area contributed by atoms with Gasteiger partial charge in [0, 0.05) is 25.8 Å². The lowest BCUT2D eigenvalue weighted by Gasteiger charge is -2.17. The first-order valence-electron chi connectivity index (χ1n) is 7.58. The van der Waals surface area contributed by atoms with Gasteiger partial charge in [0.1, 0.15) is 5.82 Å². The fourth-order valence-electron chi connectivity index (χ4n) is 2.35. The number of carbonyl (C=O) groups excluding carboxylic acids is 1. The van der Waals surface area contributed by atoms with Gasteiger partial charge < -0.3 is 20.6 Å². The Morgan fingerprint density at radius 1 is 1.43 bits per heavy atom. The Kier molecular flexibility index (Phi) is 5.80. The minimum atomic E-state index is -0.264. The van der Waals surface area contributed by atoms with Crippen LogP contribution >= 0.6 is 0 Å². The molecule has 2 rings (SSSR count). The summed E-state index contributed by atoms with van der Waals surface area (Å²) in [6.45, 7) is 4.46. The zero-order chi connectivity index (χ0) is 15.1. The first kappa shape index (κ1) is 15.6. The van der Waals surface area contributed by atoms with Gasteiger partial charge in [-0.3, -0.25) is 0 Å². The number of hydrogen-bond acceptors (Lipinski definition) is 4. The largest absolute Gasteiger partial charge is 0.394 e. The first-order chi connectivity index (χ1) is 10.2. The molecule has 2 heterocycles. The standard InChI is InChI=1S/C15H24N4O2/c1-2-13(11-20)18-15(21)17-10-12-5-6-14(16-9-12)19-7-3-4-8-19/h5-6,9,13,20H,2-4,7-8,10-11H2,1H3,(H2,17,18,21). The van der Waals surface area contributed by atoms with Crippen molar-refractivity contribution in [2.75, 3.05) is 24.6 Å². The molecule has 2 amide bonds. The van der Waals surface area contributed by atoms with Crippen molar-refractivity contribution in [2.45, 2.75) is 38.8 Å². The number of nitrogens with one attached hydrogen (secondary N) is 2. The summed E-state index contributed by atoms with van der Waals surface area (Å²) in [5.41, 5.74) is 0.963. The predicted molar refractivity (Wildman–Crippen MR) is 82.2 cm³/mol.